The fourth-order valence-corrected chi connectivity index (χ4v) is 6.92. The van der Waals surface area contributed by atoms with Crippen molar-refractivity contribution >= 4 is 45.3 Å². The normalized spacial score (nSPS) is 22.9. The SMILES string of the molecule is CC(C)C[C@@H]1NC(=O)[C@@H](N(C)C(=O)[C@@H](N)C2CC2)CC/C=C/CCCNC(=O)[C@H](Cc2cc(Cl)ccc2-c2cnn(S(C)(=O)=O)c2)N(C)C1=O. The highest BCUT2D eigenvalue weighted by Crippen LogP contribution is 2.33. The molecule has 1 fully saturated rings. The van der Waals surface area contributed by atoms with Crippen LogP contribution in [-0.2, 0) is 35.6 Å². The predicted molar refractivity (Wildman–Crippen MR) is 192 cm³/mol. The van der Waals surface area contributed by atoms with Crippen molar-refractivity contribution in [3.8, 4) is 11.1 Å². The first-order valence-corrected chi connectivity index (χ1v) is 19.4. The van der Waals surface area contributed by atoms with Crippen molar-refractivity contribution < 1.29 is 27.6 Å². The third-order valence-corrected chi connectivity index (χ3v) is 10.4. The van der Waals surface area contributed by atoms with Gasteiger partial charge in [0.05, 0.1) is 24.7 Å². The highest BCUT2D eigenvalue weighted by molar-refractivity contribution is 7.89. The fourth-order valence-electron chi connectivity index (χ4n) is 6.20. The first-order valence-electron chi connectivity index (χ1n) is 17.1. The number of allylic oxidation sites excluding steroid dienone is 2. The Bertz CT molecular complexity index is 1690. The number of nitrogens with zero attached hydrogens (tertiary/aromatic N) is 4. The van der Waals surface area contributed by atoms with Crippen LogP contribution in [-0.4, -0.2) is 102 Å². The lowest BCUT2D eigenvalue weighted by Crippen LogP contribution is -2.59. The van der Waals surface area contributed by atoms with Crippen molar-refractivity contribution in [3.05, 3.63) is 53.3 Å². The summed E-state index contributed by atoms with van der Waals surface area (Å²) < 4.78 is 25.1. The number of carbonyl (C=O) groups is 4. The molecule has 1 aromatic heterocycles. The molecule has 1 aromatic carbocycles. The van der Waals surface area contributed by atoms with Crippen LogP contribution in [0.15, 0.2) is 42.7 Å². The third-order valence-electron chi connectivity index (χ3n) is 9.28. The van der Waals surface area contributed by atoms with Gasteiger partial charge in [-0.3, -0.25) is 19.2 Å². The molecule has 4 rings (SSSR count). The van der Waals surface area contributed by atoms with Gasteiger partial charge in [-0.05, 0) is 80.0 Å². The molecule has 4 N–H and O–H groups in total. The molecule has 0 spiro atoms. The van der Waals surface area contributed by atoms with Crippen LogP contribution in [0.25, 0.3) is 11.1 Å². The second-order valence-corrected chi connectivity index (χ2v) is 16.1. The Morgan fingerprint density at radius 2 is 1.82 bits per heavy atom. The van der Waals surface area contributed by atoms with Crippen molar-refractivity contribution in [1.29, 1.82) is 0 Å². The number of nitrogens with one attached hydrogen (secondary N) is 2. The number of amides is 4. The highest BCUT2D eigenvalue weighted by Gasteiger charge is 2.39. The molecule has 1 aliphatic heterocycles. The minimum absolute atomic E-state index is 0.00506. The van der Waals surface area contributed by atoms with Gasteiger partial charge >= 0.3 is 0 Å². The summed E-state index contributed by atoms with van der Waals surface area (Å²) in [5.41, 5.74) is 7.93. The van der Waals surface area contributed by atoms with Gasteiger partial charge < -0.3 is 26.2 Å². The van der Waals surface area contributed by atoms with Gasteiger partial charge in [-0.25, -0.2) is 8.42 Å². The Balaban J connectivity index is 1.69. The first-order chi connectivity index (χ1) is 23.6. The van der Waals surface area contributed by atoms with E-state index in [2.05, 4.69) is 15.7 Å². The zero-order valence-corrected chi connectivity index (χ0v) is 31.0. The van der Waals surface area contributed by atoms with Crippen LogP contribution in [0.4, 0.5) is 0 Å². The molecular weight excluding hydrogens is 682 g/mol. The summed E-state index contributed by atoms with van der Waals surface area (Å²) in [6.07, 6.45) is 12.1. The maximum atomic E-state index is 14.3. The zero-order valence-electron chi connectivity index (χ0n) is 29.5. The van der Waals surface area contributed by atoms with Crippen LogP contribution >= 0.6 is 11.6 Å². The molecule has 15 heteroatoms. The van der Waals surface area contributed by atoms with Gasteiger partial charge in [0.2, 0.25) is 23.6 Å². The van der Waals surface area contributed by atoms with Crippen molar-refractivity contribution in [2.24, 2.45) is 17.6 Å². The molecule has 50 heavy (non-hydrogen) atoms. The molecule has 0 radical (unpaired) electrons. The smallest absolute Gasteiger partial charge is 0.250 e. The van der Waals surface area contributed by atoms with E-state index in [0.29, 0.717) is 60.4 Å². The number of halogens is 1. The van der Waals surface area contributed by atoms with Gasteiger partial charge in [-0.1, -0.05) is 43.7 Å². The van der Waals surface area contributed by atoms with Crippen molar-refractivity contribution in [3.63, 3.8) is 0 Å². The third kappa shape index (κ3) is 10.2. The molecule has 2 heterocycles. The quantitative estimate of drug-likeness (QED) is 0.330. The van der Waals surface area contributed by atoms with Gasteiger partial charge in [-0.15, -0.1) is 0 Å². The average Bonchev–Trinajstić information content (AvgIpc) is 3.78. The van der Waals surface area contributed by atoms with Gasteiger partial charge in [0, 0.05) is 37.6 Å². The maximum Gasteiger partial charge on any atom is 0.250 e. The van der Waals surface area contributed by atoms with Crippen LogP contribution in [0, 0.1) is 11.8 Å². The molecular formula is C35H50ClN7O6S. The van der Waals surface area contributed by atoms with E-state index >= 15 is 0 Å². The fraction of sp³-hybridized carbons (Fsp3) is 0.571. The second-order valence-electron chi connectivity index (χ2n) is 13.8. The Kier molecular flexibility index (Phi) is 13.3. The lowest BCUT2D eigenvalue weighted by Gasteiger charge is -2.34. The summed E-state index contributed by atoms with van der Waals surface area (Å²) in [6.45, 7) is 4.24. The molecule has 0 saturated heterocycles. The van der Waals surface area contributed by atoms with E-state index in [0.717, 1.165) is 23.2 Å². The number of hydrogen-bond donors (Lipinski definition) is 3. The second kappa shape index (κ2) is 17.0. The summed E-state index contributed by atoms with van der Waals surface area (Å²) in [4.78, 5) is 58.2. The van der Waals surface area contributed by atoms with Crippen LogP contribution in [0.5, 0.6) is 0 Å². The summed E-state index contributed by atoms with van der Waals surface area (Å²) in [6, 6.07) is 1.53. The molecule has 2 aliphatic rings. The number of carbonyl (C=O) groups excluding carboxylic acids is 4. The topological polar surface area (TPSA) is 177 Å². The number of benzene rings is 1. The van der Waals surface area contributed by atoms with Gasteiger partial charge in [0.1, 0.15) is 18.1 Å². The van der Waals surface area contributed by atoms with E-state index in [4.69, 9.17) is 17.3 Å². The van der Waals surface area contributed by atoms with E-state index < -0.39 is 46.0 Å². The lowest BCUT2D eigenvalue weighted by atomic mass is 9.94. The van der Waals surface area contributed by atoms with E-state index in [1.54, 1.807) is 25.2 Å². The molecule has 1 aliphatic carbocycles. The van der Waals surface area contributed by atoms with Crippen molar-refractivity contribution in [1.82, 2.24) is 29.6 Å². The summed E-state index contributed by atoms with van der Waals surface area (Å²) in [5, 5.41) is 10.3. The first kappa shape index (κ1) is 39.0. The standard InChI is InChI=1S/C35H50ClN7O6S/c1-22(2)17-28-34(46)42(4)30(19-24-18-26(36)14-15-27(24)25-20-39-43(21-25)50(5,48)49)32(44)38-16-10-8-6-7-9-11-29(33(45)40-28)41(3)35(47)31(37)23-12-13-23/h6-7,14-15,18,20-23,28-31H,8-13,16-17,19,37H2,1-5H3,(H,38,44)(H,40,45)/b7-6+/t28-,29-,30-,31-/m0/s1. The average molecular weight is 732 g/mol. The van der Waals surface area contributed by atoms with Gasteiger partial charge in [0.15, 0.2) is 0 Å². The van der Waals surface area contributed by atoms with E-state index in [1.165, 1.54) is 29.2 Å². The molecule has 0 unspecified atom stereocenters. The number of likely N-dealkylation sites (N-methyl/N-ethyl adjacent to an activating group) is 2. The number of rotatable bonds is 9. The van der Waals surface area contributed by atoms with Crippen LogP contribution in [0.2, 0.25) is 5.02 Å². The Morgan fingerprint density at radius 3 is 2.46 bits per heavy atom. The maximum absolute atomic E-state index is 14.3. The predicted octanol–water partition coefficient (Wildman–Crippen LogP) is 2.72. The number of aromatic nitrogens is 2. The van der Waals surface area contributed by atoms with Gasteiger partial charge in [-0.2, -0.15) is 9.19 Å². The van der Waals surface area contributed by atoms with E-state index in [9.17, 15) is 27.6 Å². The monoisotopic (exact) mass is 731 g/mol. The highest BCUT2D eigenvalue weighted by atomic mass is 35.5. The van der Waals surface area contributed by atoms with Crippen molar-refractivity contribution in [2.75, 3.05) is 26.9 Å². The molecule has 274 valence electrons. The van der Waals surface area contributed by atoms with E-state index in [1.807, 2.05) is 26.0 Å². The Labute approximate surface area is 300 Å². The van der Waals surface area contributed by atoms with Crippen molar-refractivity contribution in [2.45, 2.75) is 89.4 Å². The largest absolute Gasteiger partial charge is 0.354 e. The van der Waals surface area contributed by atoms with E-state index in [-0.39, 0.29) is 30.1 Å². The molecule has 4 atom stereocenters. The molecule has 4 amide bonds. The van der Waals surface area contributed by atoms with Crippen LogP contribution in [0.3, 0.4) is 0 Å². The summed E-state index contributed by atoms with van der Waals surface area (Å²) in [7, 11) is -0.520. The molecule has 13 nitrogen and oxygen atoms in total. The summed E-state index contributed by atoms with van der Waals surface area (Å²) >= 11 is 6.42. The van der Waals surface area contributed by atoms with Crippen LogP contribution < -0.4 is 16.4 Å². The number of nitrogens with two attached hydrogens (primary N) is 1. The van der Waals surface area contributed by atoms with Crippen LogP contribution in [0.1, 0.15) is 64.4 Å². The lowest BCUT2D eigenvalue weighted by molar-refractivity contribution is -0.144. The number of hydrogen-bond acceptors (Lipinski definition) is 8. The Morgan fingerprint density at radius 1 is 1.12 bits per heavy atom. The molecule has 0 bridgehead atoms. The van der Waals surface area contributed by atoms with Gasteiger partial charge in [0.25, 0.3) is 10.0 Å². The Hall–Kier alpha value is -3.75. The minimum Gasteiger partial charge on any atom is -0.354 e. The molecule has 1 saturated carbocycles. The minimum atomic E-state index is -3.64. The summed E-state index contributed by atoms with van der Waals surface area (Å²) in [5.74, 6) is -1.49. The molecule has 2 aromatic rings. The zero-order chi connectivity index (χ0) is 36.7.